The first kappa shape index (κ1) is 19.4. The summed E-state index contributed by atoms with van der Waals surface area (Å²) in [5, 5.41) is 6.27. The van der Waals surface area contributed by atoms with Crippen LogP contribution in [0.4, 0.5) is 17.6 Å². The molecule has 1 aliphatic rings. The van der Waals surface area contributed by atoms with Gasteiger partial charge < -0.3 is 16.4 Å². The van der Waals surface area contributed by atoms with Crippen molar-refractivity contribution in [3.63, 3.8) is 0 Å². The van der Waals surface area contributed by atoms with E-state index in [0.717, 1.165) is 12.1 Å². The van der Waals surface area contributed by atoms with Crippen molar-refractivity contribution in [3.05, 3.63) is 36.2 Å². The third-order valence-electron chi connectivity index (χ3n) is 4.65. The number of nitrogens with two attached hydrogens (primary N) is 1. The van der Waals surface area contributed by atoms with E-state index in [4.69, 9.17) is 5.73 Å². The van der Waals surface area contributed by atoms with E-state index in [1.807, 2.05) is 30.3 Å². The zero-order chi connectivity index (χ0) is 19.1. The van der Waals surface area contributed by atoms with Gasteiger partial charge in [-0.25, -0.2) is 0 Å². The lowest BCUT2D eigenvalue weighted by molar-refractivity contribution is -0.119. The Bertz CT molecular complexity index is 757. The molecule has 0 bridgehead atoms. The average molecular weight is 387 g/mol. The second kappa shape index (κ2) is 9.55. The number of carbonyl (C=O) groups is 1. The first-order valence-electron chi connectivity index (χ1n) is 9.30. The van der Waals surface area contributed by atoms with Crippen molar-refractivity contribution in [3.8, 4) is 0 Å². The summed E-state index contributed by atoms with van der Waals surface area (Å²) in [7, 11) is 0. The second-order valence-electron chi connectivity index (χ2n) is 6.85. The Labute approximate surface area is 164 Å². The molecule has 3 rings (SSSR count). The number of aromatic nitrogens is 3. The van der Waals surface area contributed by atoms with E-state index in [-0.39, 0.29) is 11.9 Å². The van der Waals surface area contributed by atoms with E-state index in [9.17, 15) is 4.79 Å². The highest BCUT2D eigenvalue weighted by Gasteiger charge is 2.22. The largest absolute Gasteiger partial charge is 0.368 e. The molecular weight excluding hydrogens is 360 g/mol. The van der Waals surface area contributed by atoms with E-state index in [2.05, 4.69) is 32.5 Å². The number of benzene rings is 1. The number of para-hydroxylation sites is 1. The molecule has 0 spiro atoms. The molecule has 0 unspecified atom stereocenters. The fourth-order valence-corrected chi connectivity index (χ4v) is 3.91. The molecular formula is C19H26N6OS. The Hall–Kier alpha value is -2.35. The number of thioether (sulfide) groups is 1. The quantitative estimate of drug-likeness (QED) is 0.671. The summed E-state index contributed by atoms with van der Waals surface area (Å²) >= 11 is 1.48. The minimum atomic E-state index is 0.0726. The standard InChI is InChI=1S/C19H26N6OS/c1-13-7-5-6-10-15(13)22-17(26)12-27-11-16-23-18(20)25-19(24-16)21-14-8-3-2-4-9-14/h2-4,8-9,13,15H,5-7,10-12H2,1H3,(H,22,26)(H3,20,21,23,24,25)/t13-,15-/m1/s1. The van der Waals surface area contributed by atoms with Crippen molar-refractivity contribution in [2.24, 2.45) is 5.92 Å². The Kier molecular flexibility index (Phi) is 6.86. The molecule has 7 nitrogen and oxygen atoms in total. The van der Waals surface area contributed by atoms with Gasteiger partial charge in [-0.05, 0) is 30.9 Å². The van der Waals surface area contributed by atoms with Crippen molar-refractivity contribution in [1.82, 2.24) is 20.3 Å². The summed E-state index contributed by atoms with van der Waals surface area (Å²) in [6.45, 7) is 2.21. The van der Waals surface area contributed by atoms with Gasteiger partial charge in [0.1, 0.15) is 5.82 Å². The number of nitrogens with zero attached hydrogens (tertiary/aromatic N) is 3. The normalized spacial score (nSPS) is 19.4. The lowest BCUT2D eigenvalue weighted by Crippen LogP contribution is -2.41. The van der Waals surface area contributed by atoms with Crippen LogP contribution in [0.5, 0.6) is 0 Å². The number of rotatable bonds is 7. The molecule has 2 atom stereocenters. The molecule has 1 aromatic carbocycles. The molecule has 1 aliphatic carbocycles. The fourth-order valence-electron chi connectivity index (χ4n) is 3.22. The second-order valence-corrected chi connectivity index (χ2v) is 7.84. The number of hydrogen-bond acceptors (Lipinski definition) is 7. The van der Waals surface area contributed by atoms with Crippen molar-refractivity contribution in [2.75, 3.05) is 16.8 Å². The average Bonchev–Trinajstić information content (AvgIpc) is 2.64. The summed E-state index contributed by atoms with van der Waals surface area (Å²) in [4.78, 5) is 24.9. The van der Waals surface area contributed by atoms with Crippen LogP contribution in [0.15, 0.2) is 30.3 Å². The topological polar surface area (TPSA) is 106 Å². The van der Waals surface area contributed by atoms with E-state index in [1.165, 1.54) is 31.0 Å². The lowest BCUT2D eigenvalue weighted by Gasteiger charge is -2.29. The maximum absolute atomic E-state index is 12.2. The summed E-state index contributed by atoms with van der Waals surface area (Å²) in [5.41, 5.74) is 6.67. The van der Waals surface area contributed by atoms with Crippen LogP contribution < -0.4 is 16.4 Å². The molecule has 1 saturated carbocycles. The molecule has 1 amide bonds. The maximum Gasteiger partial charge on any atom is 0.232 e. The summed E-state index contributed by atoms with van der Waals surface area (Å²) < 4.78 is 0. The Balaban J connectivity index is 1.49. The number of nitrogen functional groups attached to an aromatic ring is 1. The molecule has 2 aromatic rings. The molecule has 0 radical (unpaired) electrons. The lowest BCUT2D eigenvalue weighted by atomic mass is 9.86. The van der Waals surface area contributed by atoms with E-state index >= 15 is 0 Å². The van der Waals surface area contributed by atoms with Crippen molar-refractivity contribution in [2.45, 2.75) is 44.4 Å². The van der Waals surface area contributed by atoms with Crippen LogP contribution in [0.3, 0.4) is 0 Å². The third-order valence-corrected chi connectivity index (χ3v) is 5.58. The summed E-state index contributed by atoms with van der Waals surface area (Å²) in [6, 6.07) is 9.94. The smallest absolute Gasteiger partial charge is 0.232 e. The maximum atomic E-state index is 12.2. The molecule has 1 heterocycles. The van der Waals surface area contributed by atoms with Gasteiger partial charge in [-0.2, -0.15) is 15.0 Å². The van der Waals surface area contributed by atoms with Crippen molar-refractivity contribution in [1.29, 1.82) is 0 Å². The fraction of sp³-hybridized carbons (Fsp3) is 0.474. The van der Waals surface area contributed by atoms with Crippen LogP contribution in [0.2, 0.25) is 0 Å². The molecule has 0 aliphatic heterocycles. The predicted molar refractivity (Wildman–Crippen MR) is 110 cm³/mol. The SMILES string of the molecule is C[C@@H]1CCCC[C@H]1NC(=O)CSCc1nc(N)nc(Nc2ccccc2)n1. The zero-order valence-corrected chi connectivity index (χ0v) is 16.3. The Morgan fingerprint density at radius 1 is 1.19 bits per heavy atom. The van der Waals surface area contributed by atoms with Crippen LogP contribution in [-0.2, 0) is 10.5 Å². The van der Waals surface area contributed by atoms with E-state index in [0.29, 0.717) is 35.2 Å². The number of hydrogen-bond donors (Lipinski definition) is 3. The van der Waals surface area contributed by atoms with Crippen LogP contribution in [-0.4, -0.2) is 32.7 Å². The third kappa shape index (κ3) is 6.09. The molecule has 144 valence electrons. The molecule has 8 heteroatoms. The monoisotopic (exact) mass is 386 g/mol. The first-order chi connectivity index (χ1) is 13.1. The predicted octanol–water partition coefficient (Wildman–Crippen LogP) is 3.13. The van der Waals surface area contributed by atoms with Crippen molar-refractivity contribution < 1.29 is 4.79 Å². The highest BCUT2D eigenvalue weighted by molar-refractivity contribution is 7.99. The van der Waals surface area contributed by atoms with Gasteiger partial charge >= 0.3 is 0 Å². The molecule has 27 heavy (non-hydrogen) atoms. The molecule has 1 aromatic heterocycles. The van der Waals surface area contributed by atoms with Crippen LogP contribution >= 0.6 is 11.8 Å². The van der Waals surface area contributed by atoms with Crippen LogP contribution in [0.25, 0.3) is 0 Å². The minimum absolute atomic E-state index is 0.0726. The van der Waals surface area contributed by atoms with Gasteiger partial charge in [0.15, 0.2) is 0 Å². The Morgan fingerprint density at radius 2 is 1.96 bits per heavy atom. The van der Waals surface area contributed by atoms with Gasteiger partial charge in [-0.1, -0.05) is 38.0 Å². The minimum Gasteiger partial charge on any atom is -0.368 e. The number of amides is 1. The highest BCUT2D eigenvalue weighted by Crippen LogP contribution is 2.24. The van der Waals surface area contributed by atoms with E-state index in [1.54, 1.807) is 0 Å². The molecule has 1 fully saturated rings. The number of nitrogens with one attached hydrogen (secondary N) is 2. The van der Waals surface area contributed by atoms with Gasteiger partial charge in [0.2, 0.25) is 17.8 Å². The van der Waals surface area contributed by atoms with Gasteiger partial charge in [-0.3, -0.25) is 4.79 Å². The van der Waals surface area contributed by atoms with Gasteiger partial charge in [-0.15, -0.1) is 11.8 Å². The molecule has 0 saturated heterocycles. The van der Waals surface area contributed by atoms with Gasteiger partial charge in [0, 0.05) is 11.7 Å². The van der Waals surface area contributed by atoms with Crippen LogP contribution in [0, 0.1) is 5.92 Å². The number of carbonyl (C=O) groups excluding carboxylic acids is 1. The molecule has 4 N–H and O–H groups in total. The zero-order valence-electron chi connectivity index (χ0n) is 15.5. The van der Waals surface area contributed by atoms with Gasteiger partial charge in [0.25, 0.3) is 0 Å². The van der Waals surface area contributed by atoms with E-state index < -0.39 is 0 Å². The Morgan fingerprint density at radius 3 is 2.74 bits per heavy atom. The first-order valence-corrected chi connectivity index (χ1v) is 10.5. The number of anilines is 3. The highest BCUT2D eigenvalue weighted by atomic mass is 32.2. The van der Waals surface area contributed by atoms with Crippen molar-refractivity contribution >= 4 is 35.3 Å². The summed E-state index contributed by atoms with van der Waals surface area (Å²) in [5.74, 6) is 2.65. The summed E-state index contributed by atoms with van der Waals surface area (Å²) in [6.07, 6.45) is 4.74. The van der Waals surface area contributed by atoms with Crippen LogP contribution in [0.1, 0.15) is 38.4 Å². The van der Waals surface area contributed by atoms with Gasteiger partial charge in [0.05, 0.1) is 11.5 Å².